The van der Waals surface area contributed by atoms with E-state index in [0.717, 1.165) is 5.56 Å². The van der Waals surface area contributed by atoms with Gasteiger partial charge in [0.05, 0.1) is 25.6 Å². The molecule has 0 aliphatic heterocycles. The van der Waals surface area contributed by atoms with Gasteiger partial charge in [0, 0.05) is 10.4 Å². The molecule has 2 aromatic heterocycles. The second kappa shape index (κ2) is 7.74. The Morgan fingerprint density at radius 1 is 0.920 bits per heavy atom. The summed E-state index contributed by atoms with van der Waals surface area (Å²) in [6, 6.07) is 13.8. The van der Waals surface area contributed by atoms with E-state index in [1.54, 1.807) is 48.5 Å². The minimum atomic E-state index is -3.68. The Morgan fingerprint density at radius 3 is 1.96 bits per heavy atom. The number of sulfonamides is 1. The zero-order chi connectivity index (χ0) is 17.7. The maximum absolute atomic E-state index is 12.8. The molecule has 0 fully saturated rings. The van der Waals surface area contributed by atoms with E-state index < -0.39 is 10.0 Å². The lowest BCUT2D eigenvalue weighted by Gasteiger charge is -2.18. The van der Waals surface area contributed by atoms with E-state index in [4.69, 9.17) is 20.4 Å². The first-order chi connectivity index (χ1) is 12.0. The van der Waals surface area contributed by atoms with Gasteiger partial charge in [0.25, 0.3) is 0 Å². The minimum Gasteiger partial charge on any atom is -0.468 e. The minimum absolute atomic E-state index is 0.112. The molecule has 0 aliphatic carbocycles. The van der Waals surface area contributed by atoms with Crippen LogP contribution in [0.3, 0.4) is 0 Å². The predicted octanol–water partition coefficient (Wildman–Crippen LogP) is 4.53. The number of halogens is 1. The number of benzene rings is 1. The highest BCUT2D eigenvalue weighted by atomic mass is 35.5. The van der Waals surface area contributed by atoms with E-state index in [-0.39, 0.29) is 13.1 Å². The second-order valence-electron chi connectivity index (χ2n) is 5.33. The number of hydrogen-bond acceptors (Lipinski definition) is 4. The summed E-state index contributed by atoms with van der Waals surface area (Å²) in [6.45, 7) is 0.224. The molecule has 0 spiro atoms. The highest BCUT2D eigenvalue weighted by molar-refractivity contribution is 7.92. The van der Waals surface area contributed by atoms with Crippen LogP contribution in [-0.2, 0) is 23.1 Å². The molecular weight excluding hydrogens is 362 g/mol. The third kappa shape index (κ3) is 4.85. The highest BCUT2D eigenvalue weighted by Gasteiger charge is 2.22. The topological polar surface area (TPSA) is 63.7 Å². The largest absolute Gasteiger partial charge is 0.468 e. The van der Waals surface area contributed by atoms with Gasteiger partial charge in [-0.2, -0.15) is 4.31 Å². The maximum Gasteiger partial charge on any atom is 0.237 e. The molecule has 1 aromatic carbocycles. The molecule has 3 aromatic rings. The van der Waals surface area contributed by atoms with E-state index in [2.05, 4.69) is 0 Å². The zero-order valence-corrected chi connectivity index (χ0v) is 14.8. The average Bonchev–Trinajstić information content (AvgIpc) is 3.28. The van der Waals surface area contributed by atoms with Crippen LogP contribution >= 0.6 is 11.6 Å². The maximum atomic E-state index is 12.8. The van der Waals surface area contributed by atoms with Gasteiger partial charge in [0.2, 0.25) is 10.0 Å². The average molecular weight is 378 g/mol. The van der Waals surface area contributed by atoms with Crippen molar-refractivity contribution in [3.05, 3.63) is 88.6 Å². The van der Waals surface area contributed by atoms with E-state index in [9.17, 15) is 8.42 Å². The summed E-state index contributed by atoms with van der Waals surface area (Å²) in [4.78, 5) is 0. The van der Waals surface area contributed by atoms with Gasteiger partial charge in [0.15, 0.2) is 0 Å². The third-order valence-corrected chi connectivity index (χ3v) is 5.20. The lowest BCUT2D eigenvalue weighted by Crippen LogP contribution is -2.28. The molecule has 0 saturated heterocycles. The Morgan fingerprint density at radius 2 is 1.48 bits per heavy atom. The van der Waals surface area contributed by atoms with Crippen molar-refractivity contribution in [3.63, 3.8) is 0 Å². The van der Waals surface area contributed by atoms with Gasteiger partial charge in [-0.1, -0.05) is 23.7 Å². The molecule has 25 heavy (non-hydrogen) atoms. The van der Waals surface area contributed by atoms with Crippen LogP contribution in [0.15, 0.2) is 75.3 Å². The van der Waals surface area contributed by atoms with Crippen LogP contribution in [-0.4, -0.2) is 12.7 Å². The second-order valence-corrected chi connectivity index (χ2v) is 7.58. The molecule has 0 aliphatic rings. The number of rotatable bonds is 7. The van der Waals surface area contributed by atoms with Crippen LogP contribution in [0.5, 0.6) is 0 Å². The molecule has 0 atom stereocenters. The Bertz CT molecular complexity index is 878. The van der Waals surface area contributed by atoms with Gasteiger partial charge in [-0.15, -0.1) is 0 Å². The molecule has 0 N–H and O–H groups in total. The van der Waals surface area contributed by atoms with Crippen LogP contribution in [0.2, 0.25) is 5.02 Å². The Labute approximate surface area is 151 Å². The highest BCUT2D eigenvalue weighted by Crippen LogP contribution is 2.18. The SMILES string of the molecule is O=S(=O)(/C=C/c1ccc(Cl)cc1)N(Cc1ccco1)Cc1ccco1. The standard InChI is InChI=1S/C18H16ClNO4S/c19-16-7-5-15(6-8-16)9-12-25(21,22)20(13-17-3-1-10-23-17)14-18-4-2-11-24-18/h1-12H,13-14H2/b12-9+. The quantitative estimate of drug-likeness (QED) is 0.606. The van der Waals surface area contributed by atoms with Crippen LogP contribution in [0, 0.1) is 0 Å². The molecule has 2 heterocycles. The van der Waals surface area contributed by atoms with Crippen molar-refractivity contribution in [1.82, 2.24) is 4.31 Å². The molecule has 3 rings (SSSR count). The summed E-state index contributed by atoms with van der Waals surface area (Å²) < 4.78 is 37.4. The third-order valence-electron chi connectivity index (χ3n) is 3.49. The van der Waals surface area contributed by atoms with E-state index in [1.807, 2.05) is 0 Å². The summed E-state index contributed by atoms with van der Waals surface area (Å²) in [7, 11) is -3.68. The van der Waals surface area contributed by atoms with Gasteiger partial charge in [-0.3, -0.25) is 0 Å². The molecule has 0 saturated carbocycles. The molecule has 130 valence electrons. The molecule has 0 amide bonds. The molecule has 0 unspecified atom stereocenters. The normalized spacial score (nSPS) is 12.2. The van der Waals surface area contributed by atoms with Crippen molar-refractivity contribution < 1.29 is 17.3 Å². The van der Waals surface area contributed by atoms with Gasteiger partial charge in [-0.25, -0.2) is 8.42 Å². The number of furan rings is 2. The van der Waals surface area contributed by atoms with Crippen molar-refractivity contribution in [2.45, 2.75) is 13.1 Å². The van der Waals surface area contributed by atoms with E-state index in [0.29, 0.717) is 16.5 Å². The molecule has 0 bridgehead atoms. The predicted molar refractivity (Wildman–Crippen MR) is 96.1 cm³/mol. The van der Waals surface area contributed by atoms with Gasteiger partial charge in [-0.05, 0) is 48.0 Å². The number of nitrogens with zero attached hydrogens (tertiary/aromatic N) is 1. The summed E-state index contributed by atoms with van der Waals surface area (Å²) in [5.41, 5.74) is 0.740. The lowest BCUT2D eigenvalue weighted by atomic mass is 10.2. The fourth-order valence-electron chi connectivity index (χ4n) is 2.21. The summed E-state index contributed by atoms with van der Waals surface area (Å²) in [5.74, 6) is 1.10. The van der Waals surface area contributed by atoms with Crippen molar-refractivity contribution in [3.8, 4) is 0 Å². The van der Waals surface area contributed by atoms with Crippen LogP contribution in [0.1, 0.15) is 17.1 Å². The summed E-state index contributed by atoms with van der Waals surface area (Å²) >= 11 is 5.84. The fourth-order valence-corrected chi connectivity index (χ4v) is 3.45. The molecular formula is C18H16ClNO4S. The van der Waals surface area contributed by atoms with Gasteiger partial charge in [0.1, 0.15) is 11.5 Å². The van der Waals surface area contributed by atoms with Crippen molar-refractivity contribution in [2.24, 2.45) is 0 Å². The van der Waals surface area contributed by atoms with Crippen LogP contribution in [0.4, 0.5) is 0 Å². The smallest absolute Gasteiger partial charge is 0.237 e. The summed E-state index contributed by atoms with van der Waals surface area (Å²) in [6.07, 6.45) is 4.55. The monoisotopic (exact) mass is 377 g/mol. The molecule has 5 nitrogen and oxygen atoms in total. The number of hydrogen-bond donors (Lipinski definition) is 0. The van der Waals surface area contributed by atoms with Crippen molar-refractivity contribution >= 4 is 27.7 Å². The van der Waals surface area contributed by atoms with Crippen molar-refractivity contribution in [2.75, 3.05) is 0 Å². The molecule has 7 heteroatoms. The van der Waals surface area contributed by atoms with Gasteiger partial charge >= 0.3 is 0 Å². The van der Waals surface area contributed by atoms with E-state index >= 15 is 0 Å². The van der Waals surface area contributed by atoms with E-state index in [1.165, 1.54) is 28.3 Å². The Kier molecular flexibility index (Phi) is 5.43. The first-order valence-corrected chi connectivity index (χ1v) is 9.40. The first kappa shape index (κ1) is 17.5. The Hall–Kier alpha value is -2.28. The Balaban J connectivity index is 1.83. The van der Waals surface area contributed by atoms with Crippen LogP contribution in [0.25, 0.3) is 6.08 Å². The molecule has 0 radical (unpaired) electrons. The summed E-state index contributed by atoms with van der Waals surface area (Å²) in [5, 5.41) is 1.76. The first-order valence-electron chi connectivity index (χ1n) is 7.51. The zero-order valence-electron chi connectivity index (χ0n) is 13.2. The van der Waals surface area contributed by atoms with Crippen LogP contribution < -0.4 is 0 Å². The van der Waals surface area contributed by atoms with Gasteiger partial charge < -0.3 is 8.83 Å². The lowest BCUT2D eigenvalue weighted by molar-refractivity contribution is 0.334. The fraction of sp³-hybridized carbons (Fsp3) is 0.111. The van der Waals surface area contributed by atoms with Crippen molar-refractivity contribution in [1.29, 1.82) is 0 Å².